The SMILES string of the molecule is COc1ccc(S(=O)(=O)CCC(=O)N2CC[C@@H](N)C2)cc1OC.Cl. The van der Waals surface area contributed by atoms with Gasteiger partial charge in [-0.3, -0.25) is 4.79 Å². The highest BCUT2D eigenvalue weighted by Crippen LogP contribution is 2.30. The van der Waals surface area contributed by atoms with Crippen molar-refractivity contribution in [1.29, 1.82) is 0 Å². The lowest BCUT2D eigenvalue weighted by Crippen LogP contribution is -2.32. The van der Waals surface area contributed by atoms with Crippen molar-refractivity contribution in [3.05, 3.63) is 18.2 Å². The van der Waals surface area contributed by atoms with Gasteiger partial charge in [0.2, 0.25) is 5.91 Å². The molecule has 0 unspecified atom stereocenters. The molecule has 24 heavy (non-hydrogen) atoms. The molecule has 1 saturated heterocycles. The van der Waals surface area contributed by atoms with Crippen LogP contribution in [0.2, 0.25) is 0 Å². The zero-order chi connectivity index (χ0) is 17.0. The number of ether oxygens (including phenoxy) is 2. The maximum atomic E-state index is 12.4. The van der Waals surface area contributed by atoms with E-state index in [1.165, 1.54) is 32.4 Å². The maximum Gasteiger partial charge on any atom is 0.223 e. The number of carbonyl (C=O) groups excluding carboxylic acids is 1. The zero-order valence-electron chi connectivity index (χ0n) is 13.7. The van der Waals surface area contributed by atoms with E-state index in [9.17, 15) is 13.2 Å². The predicted molar refractivity (Wildman–Crippen MR) is 92.6 cm³/mol. The minimum Gasteiger partial charge on any atom is -0.493 e. The highest BCUT2D eigenvalue weighted by molar-refractivity contribution is 7.91. The van der Waals surface area contributed by atoms with Crippen molar-refractivity contribution < 1.29 is 22.7 Å². The van der Waals surface area contributed by atoms with Crippen molar-refractivity contribution in [1.82, 2.24) is 4.90 Å². The Morgan fingerprint density at radius 3 is 2.50 bits per heavy atom. The van der Waals surface area contributed by atoms with E-state index in [4.69, 9.17) is 15.2 Å². The fourth-order valence-electron chi connectivity index (χ4n) is 2.52. The van der Waals surface area contributed by atoms with Crippen LogP contribution < -0.4 is 15.2 Å². The highest BCUT2D eigenvalue weighted by atomic mass is 35.5. The van der Waals surface area contributed by atoms with E-state index in [1.54, 1.807) is 4.90 Å². The zero-order valence-corrected chi connectivity index (χ0v) is 15.4. The van der Waals surface area contributed by atoms with Crippen molar-refractivity contribution >= 4 is 28.2 Å². The molecule has 1 aromatic carbocycles. The van der Waals surface area contributed by atoms with Crippen LogP contribution in [-0.4, -0.2) is 58.3 Å². The van der Waals surface area contributed by atoms with Crippen LogP contribution in [0.5, 0.6) is 11.5 Å². The monoisotopic (exact) mass is 378 g/mol. The second kappa shape index (κ2) is 8.55. The van der Waals surface area contributed by atoms with Crippen LogP contribution in [0.15, 0.2) is 23.1 Å². The van der Waals surface area contributed by atoms with Gasteiger partial charge in [0.15, 0.2) is 21.3 Å². The van der Waals surface area contributed by atoms with Crippen molar-refractivity contribution in [2.45, 2.75) is 23.8 Å². The molecule has 0 radical (unpaired) electrons. The number of hydrogen-bond acceptors (Lipinski definition) is 6. The van der Waals surface area contributed by atoms with E-state index in [0.29, 0.717) is 24.6 Å². The average Bonchev–Trinajstić information content (AvgIpc) is 2.98. The Morgan fingerprint density at radius 1 is 1.29 bits per heavy atom. The molecule has 0 bridgehead atoms. The number of halogens is 1. The number of benzene rings is 1. The summed E-state index contributed by atoms with van der Waals surface area (Å²) in [7, 11) is -0.654. The lowest BCUT2D eigenvalue weighted by atomic mass is 10.3. The second-order valence-corrected chi connectivity index (χ2v) is 7.58. The van der Waals surface area contributed by atoms with Crippen LogP contribution >= 0.6 is 12.4 Å². The first-order valence-electron chi connectivity index (χ1n) is 7.35. The third-order valence-electron chi connectivity index (χ3n) is 3.88. The Labute approximate surface area is 148 Å². The highest BCUT2D eigenvalue weighted by Gasteiger charge is 2.25. The van der Waals surface area contributed by atoms with Crippen molar-refractivity contribution in [2.75, 3.05) is 33.1 Å². The predicted octanol–water partition coefficient (Wildman–Crippen LogP) is 0.849. The van der Waals surface area contributed by atoms with Crippen LogP contribution in [0, 0.1) is 0 Å². The molecule has 2 rings (SSSR count). The molecule has 2 N–H and O–H groups in total. The quantitative estimate of drug-likeness (QED) is 0.787. The molecule has 136 valence electrons. The third kappa shape index (κ3) is 4.75. The maximum absolute atomic E-state index is 12.4. The number of methoxy groups -OCH3 is 2. The Bertz CT molecular complexity index is 680. The molecule has 0 aromatic heterocycles. The van der Waals surface area contributed by atoms with Gasteiger partial charge < -0.3 is 20.1 Å². The molecule has 1 atom stereocenters. The molecule has 9 heteroatoms. The van der Waals surface area contributed by atoms with Crippen LogP contribution in [0.4, 0.5) is 0 Å². The van der Waals surface area contributed by atoms with Gasteiger partial charge in [0.05, 0.1) is 24.9 Å². The van der Waals surface area contributed by atoms with E-state index in [-0.39, 0.29) is 41.4 Å². The molecule has 1 amide bonds. The van der Waals surface area contributed by atoms with Crippen LogP contribution in [0.25, 0.3) is 0 Å². The number of likely N-dealkylation sites (tertiary alicyclic amines) is 1. The summed E-state index contributed by atoms with van der Waals surface area (Å²) in [6, 6.07) is 4.38. The molecular formula is C15H23ClN2O5S. The van der Waals surface area contributed by atoms with E-state index in [2.05, 4.69) is 0 Å². The molecule has 1 aromatic rings. The summed E-state index contributed by atoms with van der Waals surface area (Å²) in [6.07, 6.45) is 0.706. The minimum atomic E-state index is -3.57. The number of nitrogens with two attached hydrogens (primary N) is 1. The van der Waals surface area contributed by atoms with Gasteiger partial charge >= 0.3 is 0 Å². The number of sulfone groups is 1. The largest absolute Gasteiger partial charge is 0.493 e. The van der Waals surface area contributed by atoms with E-state index in [0.717, 1.165) is 6.42 Å². The summed E-state index contributed by atoms with van der Waals surface area (Å²) in [5.74, 6) is 0.369. The Hall–Kier alpha value is -1.51. The molecule has 1 fully saturated rings. The van der Waals surface area contributed by atoms with Gasteiger partial charge in [-0.1, -0.05) is 0 Å². The Balaban J connectivity index is 0.00000288. The molecule has 1 aliphatic heterocycles. The number of nitrogens with zero attached hydrogens (tertiary/aromatic N) is 1. The lowest BCUT2D eigenvalue weighted by molar-refractivity contribution is -0.129. The summed E-state index contributed by atoms with van der Waals surface area (Å²) in [5.41, 5.74) is 5.76. The lowest BCUT2D eigenvalue weighted by Gasteiger charge is -2.16. The molecule has 0 saturated carbocycles. The number of carbonyl (C=O) groups is 1. The van der Waals surface area contributed by atoms with Crippen LogP contribution in [0.1, 0.15) is 12.8 Å². The fraction of sp³-hybridized carbons (Fsp3) is 0.533. The first-order valence-corrected chi connectivity index (χ1v) is 9.00. The van der Waals surface area contributed by atoms with Gasteiger partial charge in [0.25, 0.3) is 0 Å². The Kier molecular flexibility index (Phi) is 7.31. The van der Waals surface area contributed by atoms with Crippen molar-refractivity contribution in [2.24, 2.45) is 5.73 Å². The average molecular weight is 379 g/mol. The molecule has 0 aliphatic carbocycles. The molecule has 0 spiro atoms. The van der Waals surface area contributed by atoms with Gasteiger partial charge in [-0.05, 0) is 18.6 Å². The Morgan fingerprint density at radius 2 is 1.96 bits per heavy atom. The summed E-state index contributed by atoms with van der Waals surface area (Å²) >= 11 is 0. The topological polar surface area (TPSA) is 98.9 Å². The summed E-state index contributed by atoms with van der Waals surface area (Å²) < 4.78 is 35.0. The second-order valence-electron chi connectivity index (χ2n) is 5.47. The number of amides is 1. The molecule has 1 aliphatic rings. The standard InChI is InChI=1S/C15H22N2O5S.ClH/c1-21-13-4-3-12(9-14(13)22-2)23(19,20)8-6-15(18)17-7-5-11(16)10-17;/h3-4,9,11H,5-8,10,16H2,1-2H3;1H/t11-;/m1./s1. The normalized spacial score (nSPS) is 17.3. The summed E-state index contributed by atoms with van der Waals surface area (Å²) in [5, 5.41) is 0. The van der Waals surface area contributed by atoms with Gasteiger partial charge in [-0.15, -0.1) is 12.4 Å². The fourth-order valence-corrected chi connectivity index (χ4v) is 3.76. The molecular weight excluding hydrogens is 356 g/mol. The van der Waals surface area contributed by atoms with Gasteiger partial charge in [-0.2, -0.15) is 0 Å². The van der Waals surface area contributed by atoms with Crippen LogP contribution in [-0.2, 0) is 14.6 Å². The van der Waals surface area contributed by atoms with E-state index >= 15 is 0 Å². The minimum absolute atomic E-state index is 0. The van der Waals surface area contributed by atoms with E-state index < -0.39 is 9.84 Å². The van der Waals surface area contributed by atoms with Gasteiger partial charge in [0, 0.05) is 31.6 Å². The number of hydrogen-bond donors (Lipinski definition) is 1. The van der Waals surface area contributed by atoms with Crippen LogP contribution in [0.3, 0.4) is 0 Å². The first-order chi connectivity index (χ1) is 10.9. The molecule has 7 nitrogen and oxygen atoms in total. The van der Waals surface area contributed by atoms with E-state index in [1.807, 2.05) is 0 Å². The van der Waals surface area contributed by atoms with Crippen molar-refractivity contribution in [3.63, 3.8) is 0 Å². The smallest absolute Gasteiger partial charge is 0.223 e. The third-order valence-corrected chi connectivity index (χ3v) is 5.59. The summed E-state index contributed by atoms with van der Waals surface area (Å²) in [6.45, 7) is 1.09. The summed E-state index contributed by atoms with van der Waals surface area (Å²) in [4.78, 5) is 13.8. The molecule has 1 heterocycles. The van der Waals surface area contributed by atoms with Crippen molar-refractivity contribution in [3.8, 4) is 11.5 Å². The first kappa shape index (κ1) is 20.5. The van der Waals surface area contributed by atoms with Gasteiger partial charge in [0.1, 0.15) is 0 Å². The number of rotatable bonds is 6. The van der Waals surface area contributed by atoms with Gasteiger partial charge in [-0.25, -0.2) is 8.42 Å².